The first-order valence-electron chi connectivity index (χ1n) is 15.2. The highest BCUT2D eigenvalue weighted by molar-refractivity contribution is 6.99. The molecular weight excluding hydrogens is 541 g/mol. The molecule has 0 fully saturated rings. The number of aliphatic hydroxyl groups is 1. The van der Waals surface area contributed by atoms with Crippen molar-refractivity contribution in [2.24, 2.45) is 11.3 Å². The van der Waals surface area contributed by atoms with E-state index in [1.807, 2.05) is 6.92 Å². The fourth-order valence-corrected chi connectivity index (χ4v) is 11.7. The van der Waals surface area contributed by atoms with Crippen LogP contribution in [0.5, 0.6) is 0 Å². The minimum Gasteiger partial charge on any atom is -0.417 e. The molecule has 6 heteroatoms. The van der Waals surface area contributed by atoms with E-state index in [0.29, 0.717) is 26.1 Å². The largest absolute Gasteiger partial charge is 0.417 e. The summed E-state index contributed by atoms with van der Waals surface area (Å²) in [6.07, 6.45) is 4.79. The van der Waals surface area contributed by atoms with Crippen molar-refractivity contribution >= 4 is 33.3 Å². The zero-order chi connectivity index (χ0) is 30.7. The number of rotatable bonds is 11. The molecule has 4 nitrogen and oxygen atoms in total. The van der Waals surface area contributed by atoms with Crippen molar-refractivity contribution < 1.29 is 18.8 Å². The molecule has 0 bridgehead atoms. The third kappa shape index (κ3) is 6.88. The average molecular weight is 595 g/mol. The summed E-state index contributed by atoms with van der Waals surface area (Å²) in [5.41, 5.74) is -0.940. The van der Waals surface area contributed by atoms with Gasteiger partial charge >= 0.3 is 0 Å². The van der Waals surface area contributed by atoms with E-state index in [0.717, 1.165) is 18.3 Å². The maximum atomic E-state index is 12.4. The van der Waals surface area contributed by atoms with Crippen LogP contribution in [0.3, 0.4) is 0 Å². The fraction of sp³-hybridized carbons (Fsp3) is 0.571. The molecule has 2 aromatic carbocycles. The molecule has 3 rings (SSSR count). The first-order valence-corrected chi connectivity index (χ1v) is 20.0. The van der Waals surface area contributed by atoms with Gasteiger partial charge in [-0.05, 0) is 64.3 Å². The second-order valence-electron chi connectivity index (χ2n) is 14.9. The molecule has 0 radical (unpaired) electrons. The fourth-order valence-electron chi connectivity index (χ4n) is 6.10. The molecule has 0 aromatic heterocycles. The molecule has 2 aromatic rings. The first kappa shape index (κ1) is 33.7. The Balaban J connectivity index is 1.95. The topological polar surface area (TPSA) is 55.8 Å². The van der Waals surface area contributed by atoms with Crippen molar-refractivity contribution in [3.05, 3.63) is 72.3 Å². The summed E-state index contributed by atoms with van der Waals surface area (Å²) in [5.74, 6) is 0.0278. The molecule has 1 aliphatic rings. The van der Waals surface area contributed by atoms with E-state index in [4.69, 9.17) is 8.85 Å². The van der Waals surface area contributed by atoms with Gasteiger partial charge < -0.3 is 18.8 Å². The number of hydrogen-bond acceptors (Lipinski definition) is 4. The van der Waals surface area contributed by atoms with Gasteiger partial charge in [-0.25, -0.2) is 0 Å². The summed E-state index contributed by atoms with van der Waals surface area (Å²) in [4.78, 5) is 12.4. The first-order chi connectivity index (χ1) is 18.9. The van der Waals surface area contributed by atoms with Gasteiger partial charge in [-0.2, -0.15) is 0 Å². The van der Waals surface area contributed by atoms with Crippen LogP contribution in [-0.2, 0) is 13.6 Å². The van der Waals surface area contributed by atoms with E-state index in [-0.39, 0.29) is 16.0 Å². The van der Waals surface area contributed by atoms with Gasteiger partial charge in [0.15, 0.2) is 14.6 Å². The molecule has 0 saturated heterocycles. The van der Waals surface area contributed by atoms with E-state index in [2.05, 4.69) is 128 Å². The highest BCUT2D eigenvalue weighted by atomic mass is 28.4. The molecule has 0 amide bonds. The number of benzene rings is 2. The number of aldehydes is 1. The molecular formula is C35H54O4Si2. The van der Waals surface area contributed by atoms with E-state index in [9.17, 15) is 9.90 Å². The van der Waals surface area contributed by atoms with E-state index >= 15 is 0 Å². The third-order valence-corrected chi connectivity index (χ3v) is 19.4. The molecule has 1 aliphatic carbocycles. The second kappa shape index (κ2) is 12.4. The van der Waals surface area contributed by atoms with Gasteiger partial charge in [0.05, 0.1) is 6.61 Å². The molecule has 0 unspecified atom stereocenters. The Morgan fingerprint density at radius 1 is 0.902 bits per heavy atom. The average Bonchev–Trinajstić information content (AvgIpc) is 2.90. The van der Waals surface area contributed by atoms with Gasteiger partial charge in [0, 0.05) is 12.0 Å². The maximum Gasteiger partial charge on any atom is 0.261 e. The number of carbonyl (C=O) groups excluding carboxylic acids is 1. The Bertz CT molecular complexity index is 1140. The van der Waals surface area contributed by atoms with E-state index < -0.39 is 27.7 Å². The minimum atomic E-state index is -2.71. The van der Waals surface area contributed by atoms with Crippen molar-refractivity contribution in [2.45, 2.75) is 103 Å². The quantitative estimate of drug-likeness (QED) is 0.129. The summed E-state index contributed by atoms with van der Waals surface area (Å²) < 4.78 is 13.7. The van der Waals surface area contributed by atoms with Crippen LogP contribution < -0.4 is 10.4 Å². The normalized spacial score (nSPS) is 24.2. The Hall–Kier alpha value is -1.84. The van der Waals surface area contributed by atoms with Crippen LogP contribution in [0.4, 0.5) is 0 Å². The minimum absolute atomic E-state index is 0.0278. The summed E-state index contributed by atoms with van der Waals surface area (Å²) in [6, 6.07) is 21.4. The lowest BCUT2D eigenvalue weighted by molar-refractivity contribution is -0.139. The molecule has 41 heavy (non-hydrogen) atoms. The van der Waals surface area contributed by atoms with Gasteiger partial charge in [-0.1, -0.05) is 122 Å². The van der Waals surface area contributed by atoms with Gasteiger partial charge in [0.1, 0.15) is 5.60 Å². The van der Waals surface area contributed by atoms with Gasteiger partial charge in [0.2, 0.25) is 0 Å². The Labute approximate surface area is 251 Å². The summed E-state index contributed by atoms with van der Waals surface area (Å²) in [7, 11) is -4.58. The lowest BCUT2D eigenvalue weighted by Gasteiger charge is -2.47. The summed E-state index contributed by atoms with van der Waals surface area (Å²) in [6.45, 7) is 23.4. The van der Waals surface area contributed by atoms with Crippen LogP contribution in [0.25, 0.3) is 0 Å². The molecule has 0 saturated carbocycles. The van der Waals surface area contributed by atoms with Gasteiger partial charge in [-0.3, -0.25) is 0 Å². The van der Waals surface area contributed by atoms with Crippen LogP contribution in [-0.4, -0.2) is 46.8 Å². The molecule has 0 aliphatic heterocycles. The zero-order valence-electron chi connectivity index (χ0n) is 27.2. The van der Waals surface area contributed by atoms with Crippen LogP contribution in [0.2, 0.25) is 23.2 Å². The summed E-state index contributed by atoms with van der Waals surface area (Å²) >= 11 is 0. The van der Waals surface area contributed by atoms with Crippen molar-refractivity contribution in [3.8, 4) is 0 Å². The van der Waals surface area contributed by atoms with Crippen LogP contribution in [0, 0.1) is 11.3 Å². The van der Waals surface area contributed by atoms with Crippen molar-refractivity contribution in [2.75, 3.05) is 13.2 Å². The van der Waals surface area contributed by atoms with Crippen LogP contribution in [0.1, 0.15) is 74.7 Å². The maximum absolute atomic E-state index is 12.4. The molecule has 226 valence electrons. The van der Waals surface area contributed by atoms with Gasteiger partial charge in [0.25, 0.3) is 8.32 Å². The van der Waals surface area contributed by atoms with Crippen molar-refractivity contribution in [3.63, 3.8) is 0 Å². The smallest absolute Gasteiger partial charge is 0.261 e. The monoisotopic (exact) mass is 594 g/mol. The lowest BCUT2D eigenvalue weighted by Crippen LogP contribution is -2.66. The molecule has 3 atom stereocenters. The highest BCUT2D eigenvalue weighted by Gasteiger charge is 2.52. The van der Waals surface area contributed by atoms with E-state index in [1.54, 1.807) is 0 Å². The highest BCUT2D eigenvalue weighted by Crippen LogP contribution is 2.48. The number of carbonyl (C=O) groups is 1. The number of hydrogen-bond donors (Lipinski definition) is 1. The second-order valence-corrected chi connectivity index (χ2v) is 24.1. The Morgan fingerprint density at radius 3 is 1.85 bits per heavy atom. The van der Waals surface area contributed by atoms with Crippen LogP contribution in [0.15, 0.2) is 72.3 Å². The summed E-state index contributed by atoms with van der Waals surface area (Å²) in [5, 5.41) is 14.1. The molecule has 0 heterocycles. The van der Waals surface area contributed by atoms with Crippen molar-refractivity contribution in [1.29, 1.82) is 0 Å². The van der Waals surface area contributed by atoms with Gasteiger partial charge in [-0.15, -0.1) is 0 Å². The van der Waals surface area contributed by atoms with Crippen LogP contribution >= 0.6 is 0 Å². The third-order valence-electron chi connectivity index (χ3n) is 9.92. The lowest BCUT2D eigenvalue weighted by atomic mass is 9.62. The molecule has 1 N–H and O–H groups in total. The Kier molecular flexibility index (Phi) is 10.2. The van der Waals surface area contributed by atoms with E-state index in [1.165, 1.54) is 10.4 Å². The predicted molar refractivity (Wildman–Crippen MR) is 177 cm³/mol. The predicted octanol–water partition coefficient (Wildman–Crippen LogP) is 7.27. The zero-order valence-corrected chi connectivity index (χ0v) is 29.2. The molecule has 0 spiro atoms. The Morgan fingerprint density at radius 2 is 1.41 bits per heavy atom. The SMILES string of the molecule is C[C@@H]1C[C@](O)(C=O)[C@](C)(CCCO[Si](C)(C)C(C)(C)C)C=C1CO[Si](c1ccccc1)(c1ccccc1)C(C)(C)C. The standard InChI is InChI=1S/C35H54O4Si2/c1-28-24-35(37,27-36)34(8,22-17-23-38-40(9,10)32(2,3)4)25-29(28)26-39-41(33(5,6)7,30-18-13-11-14-19-30)31-20-15-12-16-21-31/h11-16,18-21,25,27-28,37H,17,22-24,26H2,1-10H3/t28-,34-,35+/m1/s1. The van der Waals surface area contributed by atoms with Crippen molar-refractivity contribution in [1.82, 2.24) is 0 Å².